The van der Waals surface area contributed by atoms with Gasteiger partial charge in [0.1, 0.15) is 5.75 Å². The van der Waals surface area contributed by atoms with E-state index in [9.17, 15) is 0 Å². The zero-order valence-electron chi connectivity index (χ0n) is 12.5. The molecule has 22 heavy (non-hydrogen) atoms. The van der Waals surface area contributed by atoms with Crippen LogP contribution in [-0.4, -0.2) is 6.61 Å². The van der Waals surface area contributed by atoms with Crippen molar-refractivity contribution in [2.24, 2.45) is 0 Å². The number of halogens is 1. The van der Waals surface area contributed by atoms with E-state index in [1.54, 1.807) is 0 Å². The topological polar surface area (TPSA) is 27.7 Å². The van der Waals surface area contributed by atoms with E-state index in [1.807, 2.05) is 48.5 Å². The highest BCUT2D eigenvalue weighted by atomic mass is 35.5. The van der Waals surface area contributed by atoms with Crippen LogP contribution >= 0.6 is 11.6 Å². The quantitative estimate of drug-likeness (QED) is 0.680. The van der Waals surface area contributed by atoms with Gasteiger partial charge in [0.2, 0.25) is 0 Å². The summed E-state index contributed by atoms with van der Waals surface area (Å²) in [5.74, 6) is 0.661. The van der Waals surface area contributed by atoms with Crippen LogP contribution in [0.25, 0.3) is 0 Å². The average molecular weight is 319 g/mol. The first-order chi connectivity index (χ1) is 10.8. The Balaban J connectivity index is 1.70. The molecule has 0 aliphatic carbocycles. The van der Waals surface area contributed by atoms with E-state index in [4.69, 9.17) is 25.8 Å². The fourth-order valence-electron chi connectivity index (χ4n) is 2.33. The van der Waals surface area contributed by atoms with Crippen molar-refractivity contribution >= 4 is 11.6 Å². The van der Waals surface area contributed by atoms with E-state index >= 15 is 0 Å². The van der Waals surface area contributed by atoms with Gasteiger partial charge in [0, 0.05) is 5.56 Å². The number of rotatable bonds is 6. The zero-order valence-corrected chi connectivity index (χ0v) is 13.3. The second kappa shape index (κ2) is 7.14. The third kappa shape index (κ3) is 3.27. The summed E-state index contributed by atoms with van der Waals surface area (Å²) in [6.45, 7) is 2.77. The van der Waals surface area contributed by atoms with Gasteiger partial charge in [-0.05, 0) is 12.5 Å². The third-order valence-corrected chi connectivity index (χ3v) is 3.86. The minimum absolute atomic E-state index is 0.325. The van der Waals surface area contributed by atoms with Gasteiger partial charge >= 0.3 is 0 Å². The molecule has 1 aliphatic heterocycles. The van der Waals surface area contributed by atoms with Crippen LogP contribution in [0.1, 0.15) is 43.5 Å². The third-order valence-electron chi connectivity index (χ3n) is 3.56. The highest BCUT2D eigenvalue weighted by Crippen LogP contribution is 2.45. The maximum Gasteiger partial charge on any atom is 0.194 e. The first-order valence-electron chi connectivity index (χ1n) is 7.56. The van der Waals surface area contributed by atoms with Crippen LogP contribution in [0, 0.1) is 0 Å². The Morgan fingerprint density at radius 2 is 1.77 bits per heavy atom. The minimum atomic E-state index is -0.430. The molecule has 3 rings (SSSR count). The molecule has 4 heteroatoms. The summed E-state index contributed by atoms with van der Waals surface area (Å²) in [5, 5.41) is 0.587. The van der Waals surface area contributed by atoms with Gasteiger partial charge in [-0.2, -0.15) is 0 Å². The van der Waals surface area contributed by atoms with Crippen molar-refractivity contribution in [3.63, 3.8) is 0 Å². The summed E-state index contributed by atoms with van der Waals surface area (Å²) in [4.78, 5) is 0. The van der Waals surface area contributed by atoms with E-state index < -0.39 is 6.29 Å². The van der Waals surface area contributed by atoms with Crippen molar-refractivity contribution in [3.8, 4) is 5.75 Å². The lowest BCUT2D eigenvalue weighted by molar-refractivity contribution is -0.397. The Morgan fingerprint density at radius 1 is 1.00 bits per heavy atom. The van der Waals surface area contributed by atoms with Crippen molar-refractivity contribution in [3.05, 3.63) is 64.7 Å². The molecular formula is C18H19ClO3. The number of benzene rings is 2. The summed E-state index contributed by atoms with van der Waals surface area (Å²) < 4.78 is 17.5. The maximum atomic E-state index is 6.25. The molecule has 1 heterocycles. The highest BCUT2D eigenvalue weighted by molar-refractivity contribution is 6.32. The van der Waals surface area contributed by atoms with Gasteiger partial charge in [-0.15, -0.1) is 0 Å². The Morgan fingerprint density at radius 3 is 2.50 bits per heavy atom. The average Bonchev–Trinajstić information content (AvgIpc) is 2.49. The van der Waals surface area contributed by atoms with Gasteiger partial charge in [0.05, 0.1) is 17.2 Å². The molecule has 0 aromatic heterocycles. The van der Waals surface area contributed by atoms with Gasteiger partial charge in [-0.1, -0.05) is 67.4 Å². The lowest BCUT2D eigenvalue weighted by atomic mass is 10.1. The molecule has 0 radical (unpaired) electrons. The molecule has 0 N–H and O–H groups in total. The summed E-state index contributed by atoms with van der Waals surface area (Å²) in [5.41, 5.74) is 1.85. The number of hydrogen-bond donors (Lipinski definition) is 0. The molecular weight excluding hydrogens is 300 g/mol. The first-order valence-corrected chi connectivity index (χ1v) is 7.94. The van der Waals surface area contributed by atoms with Crippen LogP contribution in [0.4, 0.5) is 0 Å². The highest BCUT2D eigenvalue weighted by Gasteiger charge is 2.35. The van der Waals surface area contributed by atoms with Crippen LogP contribution in [0.2, 0.25) is 5.02 Å². The minimum Gasteiger partial charge on any atom is -0.492 e. The standard InChI is InChI=1S/C18H19ClO3/c1-2-3-12-20-16-14(10-7-11-15(16)19)18-21-17(22-18)13-8-5-4-6-9-13/h4-11,17-18H,2-3,12H2,1H3. The Labute approximate surface area is 135 Å². The smallest absolute Gasteiger partial charge is 0.194 e. The first kappa shape index (κ1) is 15.3. The van der Waals surface area contributed by atoms with Crippen molar-refractivity contribution in [2.45, 2.75) is 32.3 Å². The monoisotopic (exact) mass is 318 g/mol. The summed E-state index contributed by atoms with van der Waals surface area (Å²) in [6, 6.07) is 15.5. The Bertz CT molecular complexity index is 609. The second-order valence-corrected chi connectivity index (χ2v) is 5.61. The van der Waals surface area contributed by atoms with E-state index in [-0.39, 0.29) is 6.29 Å². The molecule has 1 fully saturated rings. The van der Waals surface area contributed by atoms with E-state index in [0.717, 1.165) is 24.0 Å². The zero-order chi connectivity index (χ0) is 15.4. The predicted molar refractivity (Wildman–Crippen MR) is 85.9 cm³/mol. The number of unbranched alkanes of at least 4 members (excludes halogenated alkanes) is 1. The molecule has 0 unspecified atom stereocenters. The van der Waals surface area contributed by atoms with Gasteiger partial charge in [0.15, 0.2) is 12.6 Å². The van der Waals surface area contributed by atoms with Gasteiger partial charge in [-0.3, -0.25) is 0 Å². The second-order valence-electron chi connectivity index (χ2n) is 5.21. The van der Waals surface area contributed by atoms with Crippen LogP contribution in [0.5, 0.6) is 5.75 Å². The molecule has 2 aromatic carbocycles. The lowest BCUT2D eigenvalue weighted by Gasteiger charge is -2.37. The molecule has 1 aliphatic rings. The Kier molecular flexibility index (Phi) is 4.98. The molecule has 0 amide bonds. The van der Waals surface area contributed by atoms with Gasteiger partial charge in [-0.25, -0.2) is 0 Å². The van der Waals surface area contributed by atoms with Gasteiger partial charge in [0.25, 0.3) is 0 Å². The molecule has 0 bridgehead atoms. The van der Waals surface area contributed by atoms with E-state index in [0.29, 0.717) is 17.4 Å². The Hall–Kier alpha value is -1.55. The fourth-order valence-corrected chi connectivity index (χ4v) is 2.57. The van der Waals surface area contributed by atoms with Crippen molar-refractivity contribution < 1.29 is 14.2 Å². The summed E-state index contributed by atoms with van der Waals surface area (Å²) in [7, 11) is 0. The van der Waals surface area contributed by atoms with Crippen LogP contribution < -0.4 is 4.74 Å². The van der Waals surface area contributed by atoms with E-state index in [2.05, 4.69) is 6.92 Å². The largest absolute Gasteiger partial charge is 0.492 e. The lowest BCUT2D eigenvalue weighted by Crippen LogP contribution is -2.27. The molecule has 3 nitrogen and oxygen atoms in total. The van der Waals surface area contributed by atoms with Crippen LogP contribution in [-0.2, 0) is 9.47 Å². The summed E-state index contributed by atoms with van der Waals surface area (Å²) >= 11 is 6.25. The molecule has 1 saturated heterocycles. The van der Waals surface area contributed by atoms with Crippen LogP contribution in [0.15, 0.2) is 48.5 Å². The molecule has 0 saturated carbocycles. The summed E-state index contributed by atoms with van der Waals surface area (Å²) in [6.07, 6.45) is 1.31. The molecule has 116 valence electrons. The molecule has 2 aromatic rings. The van der Waals surface area contributed by atoms with Crippen LogP contribution in [0.3, 0.4) is 0 Å². The number of ether oxygens (including phenoxy) is 3. The molecule has 0 spiro atoms. The number of hydrogen-bond acceptors (Lipinski definition) is 3. The SMILES string of the molecule is CCCCOc1c(Cl)cccc1C1OC(c2ccccc2)O1. The van der Waals surface area contributed by atoms with Crippen molar-refractivity contribution in [2.75, 3.05) is 6.61 Å². The fraction of sp³-hybridized carbons (Fsp3) is 0.333. The molecule has 0 atom stereocenters. The number of para-hydroxylation sites is 1. The van der Waals surface area contributed by atoms with Gasteiger partial charge < -0.3 is 14.2 Å². The maximum absolute atomic E-state index is 6.25. The van der Waals surface area contributed by atoms with Crippen molar-refractivity contribution in [1.29, 1.82) is 0 Å². The normalized spacial score (nSPS) is 20.5. The van der Waals surface area contributed by atoms with Crippen molar-refractivity contribution in [1.82, 2.24) is 0 Å². The van der Waals surface area contributed by atoms with E-state index in [1.165, 1.54) is 0 Å². The predicted octanol–water partition coefficient (Wildman–Crippen LogP) is 5.26.